The minimum atomic E-state index is 0.313. The zero-order valence-electron chi connectivity index (χ0n) is 13.7. The van der Waals surface area contributed by atoms with Crippen molar-refractivity contribution in [2.75, 3.05) is 39.8 Å². The lowest BCUT2D eigenvalue weighted by atomic mass is 10.1. The van der Waals surface area contributed by atoms with E-state index in [2.05, 4.69) is 36.0 Å². The zero-order chi connectivity index (χ0) is 14.8. The summed E-state index contributed by atoms with van der Waals surface area (Å²) in [6.07, 6.45) is 6.86. The first kappa shape index (κ1) is 17.4. The Bertz CT molecular complexity index is 256. The number of hydrogen-bond donors (Lipinski definition) is 1. The second kappa shape index (κ2) is 10.2. The number of carbonyl (C=O) groups excluding carboxylic acids is 1. The highest BCUT2D eigenvalue weighted by atomic mass is 16.2. The molecule has 1 aliphatic rings. The molecule has 118 valence electrons. The Morgan fingerprint density at radius 1 is 1.10 bits per heavy atom. The maximum Gasteiger partial charge on any atom is 0.236 e. The van der Waals surface area contributed by atoms with E-state index in [1.807, 2.05) is 0 Å². The fraction of sp³-hybridized carbons (Fsp3) is 0.938. The minimum absolute atomic E-state index is 0.313. The van der Waals surface area contributed by atoms with Crippen LogP contribution in [0.1, 0.15) is 52.4 Å². The Balaban J connectivity index is 2.41. The molecular formula is C16H33N3O. The van der Waals surface area contributed by atoms with Gasteiger partial charge in [0.1, 0.15) is 0 Å². The molecule has 0 radical (unpaired) electrons. The first-order valence-electron chi connectivity index (χ1n) is 8.37. The van der Waals surface area contributed by atoms with Crippen LogP contribution in [0.2, 0.25) is 0 Å². The molecule has 0 aromatic carbocycles. The fourth-order valence-electron chi connectivity index (χ4n) is 2.75. The van der Waals surface area contributed by atoms with Crippen molar-refractivity contribution >= 4 is 5.91 Å². The van der Waals surface area contributed by atoms with Gasteiger partial charge in [-0.2, -0.15) is 0 Å². The smallest absolute Gasteiger partial charge is 0.236 e. The molecule has 1 amide bonds. The third kappa shape index (κ3) is 6.23. The highest BCUT2D eigenvalue weighted by molar-refractivity contribution is 5.78. The summed E-state index contributed by atoms with van der Waals surface area (Å²) in [5.74, 6) is 0.313. The van der Waals surface area contributed by atoms with E-state index < -0.39 is 0 Å². The molecule has 1 aliphatic heterocycles. The van der Waals surface area contributed by atoms with Gasteiger partial charge >= 0.3 is 0 Å². The summed E-state index contributed by atoms with van der Waals surface area (Å²) in [4.78, 5) is 16.8. The number of unbranched alkanes of at least 4 members (excludes halogenated alkanes) is 2. The maximum atomic E-state index is 12.5. The van der Waals surface area contributed by atoms with Gasteiger partial charge in [-0.15, -0.1) is 0 Å². The predicted molar refractivity (Wildman–Crippen MR) is 84.9 cm³/mol. The number of nitrogens with zero attached hydrogens (tertiary/aromatic N) is 2. The van der Waals surface area contributed by atoms with Crippen molar-refractivity contribution in [3.63, 3.8) is 0 Å². The summed E-state index contributed by atoms with van der Waals surface area (Å²) in [5, 5.41) is 3.38. The molecule has 1 heterocycles. The molecule has 20 heavy (non-hydrogen) atoms. The number of likely N-dealkylation sites (N-methyl/N-ethyl adjacent to an activating group) is 1. The standard InChI is InChI=1S/C16H33N3O/c1-4-6-12-19(13-7-5-2)16(20)14-18(3)15-8-10-17-11-9-15/h15,17H,4-14H2,1-3H3. The Morgan fingerprint density at radius 3 is 2.15 bits per heavy atom. The lowest BCUT2D eigenvalue weighted by Crippen LogP contribution is -2.46. The third-order valence-electron chi connectivity index (χ3n) is 4.23. The molecule has 4 nitrogen and oxygen atoms in total. The SMILES string of the molecule is CCCCN(CCCC)C(=O)CN(C)C1CCNCC1. The Kier molecular flexibility index (Phi) is 8.86. The van der Waals surface area contributed by atoms with Crippen LogP contribution in [0.5, 0.6) is 0 Å². The molecule has 1 N–H and O–H groups in total. The summed E-state index contributed by atoms with van der Waals surface area (Å²) < 4.78 is 0. The van der Waals surface area contributed by atoms with Gasteiger partial charge in [0.2, 0.25) is 5.91 Å². The lowest BCUT2D eigenvalue weighted by Gasteiger charge is -2.33. The van der Waals surface area contributed by atoms with Crippen LogP contribution >= 0.6 is 0 Å². The molecule has 0 bridgehead atoms. The van der Waals surface area contributed by atoms with Crippen molar-refractivity contribution in [2.24, 2.45) is 0 Å². The van der Waals surface area contributed by atoms with E-state index in [0.717, 1.165) is 64.7 Å². The average molecular weight is 283 g/mol. The molecule has 0 atom stereocenters. The summed E-state index contributed by atoms with van der Waals surface area (Å²) in [6, 6.07) is 0.569. The van der Waals surface area contributed by atoms with Crippen LogP contribution in [0.3, 0.4) is 0 Å². The molecule has 1 saturated heterocycles. The van der Waals surface area contributed by atoms with Gasteiger partial charge in [-0.25, -0.2) is 0 Å². The van der Waals surface area contributed by atoms with Crippen LogP contribution in [0.4, 0.5) is 0 Å². The van der Waals surface area contributed by atoms with Crippen molar-refractivity contribution in [1.29, 1.82) is 0 Å². The maximum absolute atomic E-state index is 12.5. The van der Waals surface area contributed by atoms with Crippen LogP contribution in [0.15, 0.2) is 0 Å². The van der Waals surface area contributed by atoms with Crippen LogP contribution in [-0.2, 0) is 4.79 Å². The minimum Gasteiger partial charge on any atom is -0.342 e. The molecule has 1 fully saturated rings. The number of nitrogens with one attached hydrogen (secondary N) is 1. The van der Waals surface area contributed by atoms with Gasteiger partial charge in [0.15, 0.2) is 0 Å². The van der Waals surface area contributed by atoms with Crippen molar-refractivity contribution in [2.45, 2.75) is 58.4 Å². The van der Waals surface area contributed by atoms with Crippen LogP contribution in [0, 0.1) is 0 Å². The second-order valence-corrected chi connectivity index (χ2v) is 5.98. The van der Waals surface area contributed by atoms with Gasteiger partial charge in [0.25, 0.3) is 0 Å². The summed E-state index contributed by atoms with van der Waals surface area (Å²) in [6.45, 7) is 8.97. The summed E-state index contributed by atoms with van der Waals surface area (Å²) in [5.41, 5.74) is 0. The first-order valence-corrected chi connectivity index (χ1v) is 8.37. The van der Waals surface area contributed by atoms with Crippen LogP contribution in [0.25, 0.3) is 0 Å². The van der Waals surface area contributed by atoms with E-state index >= 15 is 0 Å². The largest absolute Gasteiger partial charge is 0.342 e. The van der Waals surface area contributed by atoms with E-state index in [1.165, 1.54) is 0 Å². The molecule has 0 spiro atoms. The van der Waals surface area contributed by atoms with Crippen molar-refractivity contribution < 1.29 is 4.79 Å². The number of amides is 1. The molecule has 0 aromatic heterocycles. The van der Waals surface area contributed by atoms with E-state index in [1.54, 1.807) is 0 Å². The molecule has 0 unspecified atom stereocenters. The number of piperidine rings is 1. The van der Waals surface area contributed by atoms with Crippen molar-refractivity contribution in [1.82, 2.24) is 15.1 Å². The van der Waals surface area contributed by atoms with Gasteiger partial charge in [0.05, 0.1) is 6.54 Å². The Hall–Kier alpha value is -0.610. The van der Waals surface area contributed by atoms with Crippen LogP contribution in [-0.4, -0.2) is 61.5 Å². The molecular weight excluding hydrogens is 250 g/mol. The molecule has 0 saturated carbocycles. The normalized spacial score (nSPS) is 16.6. The van der Waals surface area contributed by atoms with Crippen LogP contribution < -0.4 is 5.32 Å². The molecule has 1 rings (SSSR count). The van der Waals surface area contributed by atoms with Gasteiger partial charge in [-0.3, -0.25) is 9.69 Å². The number of hydrogen-bond acceptors (Lipinski definition) is 3. The van der Waals surface area contributed by atoms with Gasteiger partial charge in [-0.1, -0.05) is 26.7 Å². The van der Waals surface area contributed by atoms with Crippen molar-refractivity contribution in [3.8, 4) is 0 Å². The van der Waals surface area contributed by atoms with E-state index in [9.17, 15) is 4.79 Å². The second-order valence-electron chi connectivity index (χ2n) is 5.98. The Morgan fingerprint density at radius 2 is 1.65 bits per heavy atom. The van der Waals surface area contributed by atoms with Crippen molar-refractivity contribution in [3.05, 3.63) is 0 Å². The van der Waals surface area contributed by atoms with E-state index in [-0.39, 0.29) is 0 Å². The fourth-order valence-corrected chi connectivity index (χ4v) is 2.75. The summed E-state index contributed by atoms with van der Waals surface area (Å²) >= 11 is 0. The molecule has 0 aliphatic carbocycles. The topological polar surface area (TPSA) is 35.6 Å². The quantitative estimate of drug-likeness (QED) is 0.704. The first-order chi connectivity index (χ1) is 9.69. The summed E-state index contributed by atoms with van der Waals surface area (Å²) in [7, 11) is 2.10. The Labute approximate surface area is 124 Å². The zero-order valence-corrected chi connectivity index (χ0v) is 13.7. The van der Waals surface area contributed by atoms with Gasteiger partial charge < -0.3 is 10.2 Å². The highest BCUT2D eigenvalue weighted by Gasteiger charge is 2.21. The average Bonchev–Trinajstić information content (AvgIpc) is 2.48. The van der Waals surface area contributed by atoms with E-state index in [4.69, 9.17) is 0 Å². The lowest BCUT2D eigenvalue weighted by molar-refractivity contribution is -0.132. The number of carbonyl (C=O) groups is 1. The molecule has 4 heteroatoms. The molecule has 0 aromatic rings. The van der Waals surface area contributed by atoms with Gasteiger partial charge in [-0.05, 0) is 45.8 Å². The third-order valence-corrected chi connectivity index (χ3v) is 4.23. The number of rotatable bonds is 9. The van der Waals surface area contributed by atoms with Gasteiger partial charge in [0, 0.05) is 19.1 Å². The highest BCUT2D eigenvalue weighted by Crippen LogP contribution is 2.10. The predicted octanol–water partition coefficient (Wildman–Crippen LogP) is 2.10. The monoisotopic (exact) mass is 283 g/mol. The van der Waals surface area contributed by atoms with E-state index in [0.29, 0.717) is 18.5 Å².